The summed E-state index contributed by atoms with van der Waals surface area (Å²) in [5.74, 6) is -0.244. The molecule has 1 heterocycles. The Morgan fingerprint density at radius 3 is 2.74 bits per heavy atom. The van der Waals surface area contributed by atoms with Crippen molar-refractivity contribution in [2.75, 3.05) is 0 Å². The number of carbonyl (C=O) groups excluding carboxylic acids is 1. The molecule has 0 N–H and O–H groups in total. The highest BCUT2D eigenvalue weighted by Gasteiger charge is 2.04. The number of carbonyl (C=O) groups is 1. The number of thiazole rings is 1. The van der Waals surface area contributed by atoms with Crippen LogP contribution in [0.15, 0.2) is 59.6 Å². The van der Waals surface area contributed by atoms with Crippen molar-refractivity contribution in [2.24, 2.45) is 12.0 Å². The number of nitrogens with zero attached hydrogens (tertiary/aromatic N) is 2. The molecular formula is C19H18N2OS. The minimum absolute atomic E-state index is 0.244. The zero-order valence-corrected chi connectivity index (χ0v) is 14.0. The summed E-state index contributed by atoms with van der Waals surface area (Å²) in [7, 11) is 1.94. The summed E-state index contributed by atoms with van der Waals surface area (Å²) in [6.07, 6.45) is 4.30. The molecule has 0 bridgehead atoms. The van der Waals surface area contributed by atoms with E-state index in [-0.39, 0.29) is 5.91 Å². The van der Waals surface area contributed by atoms with Crippen LogP contribution in [0.25, 0.3) is 16.3 Å². The molecule has 0 unspecified atom stereocenters. The number of fused-ring (bicyclic) bond motifs is 1. The normalized spacial score (nSPS) is 12.3. The number of benzene rings is 2. The van der Waals surface area contributed by atoms with Gasteiger partial charge in [0.1, 0.15) is 0 Å². The Balaban J connectivity index is 1.92. The van der Waals surface area contributed by atoms with Crippen LogP contribution in [0.4, 0.5) is 0 Å². The fourth-order valence-corrected chi connectivity index (χ4v) is 3.46. The molecule has 0 radical (unpaired) electrons. The monoisotopic (exact) mass is 322 g/mol. The Kier molecular flexibility index (Phi) is 4.53. The zero-order chi connectivity index (χ0) is 16.2. The first kappa shape index (κ1) is 15.4. The van der Waals surface area contributed by atoms with Gasteiger partial charge in [0.2, 0.25) is 0 Å². The van der Waals surface area contributed by atoms with E-state index in [0.29, 0.717) is 0 Å². The molecule has 0 fully saturated rings. The van der Waals surface area contributed by atoms with Crippen LogP contribution in [0.1, 0.15) is 18.1 Å². The molecule has 1 amide bonds. The fourth-order valence-electron chi connectivity index (χ4n) is 2.37. The van der Waals surface area contributed by atoms with Gasteiger partial charge in [0.25, 0.3) is 5.91 Å². The van der Waals surface area contributed by atoms with Crippen LogP contribution < -0.4 is 4.80 Å². The van der Waals surface area contributed by atoms with Crippen LogP contribution in [0.3, 0.4) is 0 Å². The smallest absolute Gasteiger partial charge is 0.272 e. The first-order valence-electron chi connectivity index (χ1n) is 7.57. The number of rotatable bonds is 3. The predicted molar refractivity (Wildman–Crippen MR) is 96.2 cm³/mol. The summed E-state index contributed by atoms with van der Waals surface area (Å²) in [5.41, 5.74) is 3.39. The van der Waals surface area contributed by atoms with E-state index in [2.05, 4.69) is 30.1 Å². The summed E-state index contributed by atoms with van der Waals surface area (Å²) >= 11 is 1.55. The van der Waals surface area contributed by atoms with Gasteiger partial charge in [0.05, 0.1) is 10.2 Å². The molecule has 1 aromatic heterocycles. The van der Waals surface area contributed by atoms with Crippen molar-refractivity contribution >= 4 is 33.5 Å². The number of hydrogen-bond acceptors (Lipinski definition) is 2. The second kappa shape index (κ2) is 6.75. The van der Waals surface area contributed by atoms with Crippen LogP contribution in [-0.4, -0.2) is 10.5 Å². The van der Waals surface area contributed by atoms with E-state index in [0.717, 1.165) is 27.0 Å². The van der Waals surface area contributed by atoms with Gasteiger partial charge >= 0.3 is 0 Å². The minimum Gasteiger partial charge on any atom is -0.319 e. The van der Waals surface area contributed by atoms with Crippen LogP contribution in [0.2, 0.25) is 0 Å². The molecule has 23 heavy (non-hydrogen) atoms. The third kappa shape index (κ3) is 3.48. The summed E-state index contributed by atoms with van der Waals surface area (Å²) in [5, 5.41) is 0. The Bertz CT molecular complexity index is 933. The highest BCUT2D eigenvalue weighted by atomic mass is 32.1. The molecule has 3 nitrogen and oxygen atoms in total. The topological polar surface area (TPSA) is 34.4 Å². The molecule has 0 aliphatic rings. The van der Waals surface area contributed by atoms with Crippen molar-refractivity contribution < 1.29 is 4.79 Å². The van der Waals surface area contributed by atoms with Gasteiger partial charge < -0.3 is 4.57 Å². The average Bonchev–Trinajstić information content (AvgIpc) is 2.89. The average molecular weight is 322 g/mol. The first-order valence-corrected chi connectivity index (χ1v) is 8.39. The summed E-state index contributed by atoms with van der Waals surface area (Å²) in [6, 6.07) is 16.1. The van der Waals surface area contributed by atoms with Gasteiger partial charge in [-0.2, -0.15) is 4.99 Å². The fraction of sp³-hybridized carbons (Fsp3) is 0.158. The largest absolute Gasteiger partial charge is 0.319 e. The Hall–Kier alpha value is -2.46. The third-order valence-electron chi connectivity index (χ3n) is 3.71. The van der Waals surface area contributed by atoms with E-state index in [9.17, 15) is 4.79 Å². The summed E-state index contributed by atoms with van der Waals surface area (Å²) in [6.45, 7) is 2.14. The Labute approximate surface area is 139 Å². The highest BCUT2D eigenvalue weighted by Crippen LogP contribution is 2.18. The van der Waals surface area contributed by atoms with E-state index in [1.807, 2.05) is 41.9 Å². The Morgan fingerprint density at radius 1 is 1.22 bits per heavy atom. The van der Waals surface area contributed by atoms with Crippen molar-refractivity contribution in [1.29, 1.82) is 0 Å². The van der Waals surface area contributed by atoms with Gasteiger partial charge in [0.15, 0.2) is 4.80 Å². The lowest BCUT2D eigenvalue weighted by Crippen LogP contribution is -2.12. The SMILES string of the molecule is CCc1ccc2c(c1)sc(=NC(=O)C=Cc1ccccc1)n2C. The van der Waals surface area contributed by atoms with Crippen molar-refractivity contribution in [3.8, 4) is 0 Å². The van der Waals surface area contributed by atoms with E-state index in [1.165, 1.54) is 11.6 Å². The lowest BCUT2D eigenvalue weighted by atomic mass is 10.2. The predicted octanol–water partition coefficient (Wildman–Crippen LogP) is 3.94. The Morgan fingerprint density at radius 2 is 2.00 bits per heavy atom. The molecule has 3 rings (SSSR count). The maximum absolute atomic E-state index is 12.1. The van der Waals surface area contributed by atoms with E-state index in [1.54, 1.807) is 17.4 Å². The molecule has 0 saturated carbocycles. The van der Waals surface area contributed by atoms with Crippen LogP contribution in [0.5, 0.6) is 0 Å². The van der Waals surface area contributed by atoms with Gasteiger partial charge in [-0.15, -0.1) is 0 Å². The summed E-state index contributed by atoms with van der Waals surface area (Å²) < 4.78 is 3.12. The molecule has 2 aromatic carbocycles. The van der Waals surface area contributed by atoms with Gasteiger partial charge in [-0.1, -0.05) is 54.7 Å². The molecular weight excluding hydrogens is 304 g/mol. The highest BCUT2D eigenvalue weighted by molar-refractivity contribution is 7.16. The molecule has 4 heteroatoms. The van der Waals surface area contributed by atoms with Crippen molar-refractivity contribution in [1.82, 2.24) is 4.57 Å². The van der Waals surface area contributed by atoms with Gasteiger partial charge in [-0.05, 0) is 35.8 Å². The molecule has 0 spiro atoms. The van der Waals surface area contributed by atoms with Crippen molar-refractivity contribution in [3.63, 3.8) is 0 Å². The third-order valence-corrected chi connectivity index (χ3v) is 4.80. The number of aryl methyl sites for hydroxylation is 2. The van der Waals surface area contributed by atoms with Crippen molar-refractivity contribution in [2.45, 2.75) is 13.3 Å². The second-order valence-electron chi connectivity index (χ2n) is 5.29. The number of hydrogen-bond donors (Lipinski definition) is 0. The van der Waals surface area contributed by atoms with Crippen LogP contribution >= 0.6 is 11.3 Å². The standard InChI is InChI=1S/C19H18N2OS/c1-3-14-9-11-16-17(13-14)23-19(21(16)2)20-18(22)12-10-15-7-5-4-6-8-15/h4-13H,3H2,1-2H3. The molecule has 116 valence electrons. The molecule has 0 aliphatic heterocycles. The molecule has 0 atom stereocenters. The summed E-state index contributed by atoms with van der Waals surface area (Å²) in [4.78, 5) is 17.0. The first-order chi connectivity index (χ1) is 11.2. The van der Waals surface area contributed by atoms with Crippen LogP contribution in [0, 0.1) is 0 Å². The molecule has 0 saturated heterocycles. The second-order valence-corrected chi connectivity index (χ2v) is 6.30. The maximum atomic E-state index is 12.1. The van der Waals surface area contributed by atoms with E-state index < -0.39 is 0 Å². The lowest BCUT2D eigenvalue weighted by molar-refractivity contribution is -0.113. The zero-order valence-electron chi connectivity index (χ0n) is 13.2. The maximum Gasteiger partial charge on any atom is 0.272 e. The number of aromatic nitrogens is 1. The lowest BCUT2D eigenvalue weighted by Gasteiger charge is -1.97. The van der Waals surface area contributed by atoms with Gasteiger partial charge in [-0.25, -0.2) is 0 Å². The van der Waals surface area contributed by atoms with Crippen LogP contribution in [-0.2, 0) is 18.3 Å². The molecule has 0 aliphatic carbocycles. The quantitative estimate of drug-likeness (QED) is 0.673. The van der Waals surface area contributed by atoms with Gasteiger partial charge in [0, 0.05) is 13.1 Å². The van der Waals surface area contributed by atoms with Gasteiger partial charge in [-0.3, -0.25) is 4.79 Å². The van der Waals surface area contributed by atoms with Crippen molar-refractivity contribution in [3.05, 3.63) is 70.5 Å². The minimum atomic E-state index is -0.244. The molecule has 3 aromatic rings. The van der Waals surface area contributed by atoms with E-state index >= 15 is 0 Å². The van der Waals surface area contributed by atoms with E-state index in [4.69, 9.17) is 0 Å². The number of amides is 1.